The maximum Gasteiger partial charge on any atom is 0.363 e. The number of aromatic amines is 1. The van der Waals surface area contributed by atoms with Gasteiger partial charge in [-0.1, -0.05) is 18.2 Å². The van der Waals surface area contributed by atoms with E-state index >= 15 is 0 Å². The van der Waals surface area contributed by atoms with Crippen molar-refractivity contribution in [3.63, 3.8) is 0 Å². The third-order valence-electron chi connectivity index (χ3n) is 2.46. The van der Waals surface area contributed by atoms with Crippen molar-refractivity contribution in [1.82, 2.24) is 20.2 Å². The van der Waals surface area contributed by atoms with E-state index in [1.165, 1.54) is 6.20 Å². The summed E-state index contributed by atoms with van der Waals surface area (Å²) >= 11 is 0. The van der Waals surface area contributed by atoms with E-state index in [1.807, 2.05) is 30.3 Å². The van der Waals surface area contributed by atoms with E-state index in [1.54, 1.807) is 6.20 Å². The number of H-pyrrole nitrogens is 1. The fraction of sp³-hybridized carbons (Fsp3) is 0. The summed E-state index contributed by atoms with van der Waals surface area (Å²) in [5, 5.41) is 9.95. The van der Waals surface area contributed by atoms with Crippen molar-refractivity contribution in [2.24, 2.45) is 0 Å². The zero-order valence-corrected chi connectivity index (χ0v) is 9.29. The lowest BCUT2D eigenvalue weighted by Gasteiger charge is -2.06. The number of para-hydroxylation sites is 1. The van der Waals surface area contributed by atoms with E-state index in [2.05, 4.69) is 25.5 Å². The van der Waals surface area contributed by atoms with Crippen LogP contribution in [-0.2, 0) is 0 Å². The number of rotatable bonds is 2. The monoisotopic (exact) mass is 239 g/mol. The summed E-state index contributed by atoms with van der Waals surface area (Å²) in [6, 6.07) is 9.60. The molecule has 0 fully saturated rings. The first-order valence-corrected chi connectivity index (χ1v) is 5.35. The number of benzene rings is 1. The lowest BCUT2D eigenvalue weighted by atomic mass is 10.2. The van der Waals surface area contributed by atoms with Gasteiger partial charge in [0.1, 0.15) is 0 Å². The summed E-state index contributed by atoms with van der Waals surface area (Å²) < 4.78 is 0. The number of anilines is 2. The Morgan fingerprint density at radius 3 is 2.94 bits per heavy atom. The van der Waals surface area contributed by atoms with Crippen LogP contribution in [0.25, 0.3) is 10.9 Å². The van der Waals surface area contributed by atoms with Gasteiger partial charge in [-0.3, -0.25) is 4.98 Å². The molecule has 0 spiro atoms. The summed E-state index contributed by atoms with van der Waals surface area (Å²) in [5.41, 5.74) is 1.11. The largest absolute Gasteiger partial charge is 0.363 e. The van der Waals surface area contributed by atoms with Gasteiger partial charge in [0.25, 0.3) is 0 Å². The van der Waals surface area contributed by atoms with E-state index in [0.717, 1.165) is 16.6 Å². The molecule has 0 bridgehead atoms. The molecule has 0 atom stereocenters. The summed E-state index contributed by atoms with van der Waals surface area (Å²) in [6.45, 7) is 0. The number of nitrogens with zero attached hydrogens (tertiary/aromatic N) is 3. The highest BCUT2D eigenvalue weighted by molar-refractivity contribution is 5.91. The average molecular weight is 239 g/mol. The highest BCUT2D eigenvalue weighted by Gasteiger charge is 2.03. The predicted octanol–water partition coefficient (Wildman–Crippen LogP) is 1.46. The minimum Gasteiger partial charge on any atom is -0.337 e. The molecule has 0 aliphatic rings. The minimum atomic E-state index is -0.492. The van der Waals surface area contributed by atoms with Gasteiger partial charge in [0.2, 0.25) is 0 Å². The first-order valence-electron chi connectivity index (χ1n) is 5.35. The van der Waals surface area contributed by atoms with Crippen LogP contribution in [-0.4, -0.2) is 20.2 Å². The second kappa shape index (κ2) is 4.25. The van der Waals surface area contributed by atoms with Gasteiger partial charge in [-0.15, -0.1) is 0 Å². The van der Waals surface area contributed by atoms with Crippen LogP contribution >= 0.6 is 0 Å². The molecule has 3 aromatic rings. The van der Waals surface area contributed by atoms with Crippen molar-refractivity contribution in [3.8, 4) is 0 Å². The van der Waals surface area contributed by atoms with E-state index in [9.17, 15) is 4.79 Å². The molecular formula is C12H9N5O. The fourth-order valence-corrected chi connectivity index (χ4v) is 1.72. The molecular weight excluding hydrogens is 230 g/mol. The van der Waals surface area contributed by atoms with Gasteiger partial charge in [-0.25, -0.2) is 9.89 Å². The topological polar surface area (TPSA) is 83.6 Å². The fourth-order valence-electron chi connectivity index (χ4n) is 1.72. The normalized spacial score (nSPS) is 10.4. The van der Waals surface area contributed by atoms with Gasteiger partial charge in [-0.2, -0.15) is 10.1 Å². The molecule has 2 aromatic heterocycles. The van der Waals surface area contributed by atoms with Gasteiger partial charge in [0.15, 0.2) is 5.82 Å². The smallest absolute Gasteiger partial charge is 0.337 e. The third kappa shape index (κ3) is 1.91. The molecule has 0 aliphatic heterocycles. The van der Waals surface area contributed by atoms with E-state index in [4.69, 9.17) is 0 Å². The van der Waals surface area contributed by atoms with Crippen LogP contribution in [0.1, 0.15) is 0 Å². The van der Waals surface area contributed by atoms with Crippen molar-refractivity contribution in [1.29, 1.82) is 0 Å². The molecule has 88 valence electrons. The van der Waals surface area contributed by atoms with E-state index in [-0.39, 0.29) is 0 Å². The van der Waals surface area contributed by atoms with Crippen LogP contribution in [0, 0.1) is 0 Å². The van der Waals surface area contributed by atoms with Crippen molar-refractivity contribution >= 4 is 22.4 Å². The average Bonchev–Trinajstić information content (AvgIpc) is 2.39. The predicted molar refractivity (Wildman–Crippen MR) is 67.7 cm³/mol. The van der Waals surface area contributed by atoms with E-state index in [0.29, 0.717) is 5.82 Å². The van der Waals surface area contributed by atoms with Gasteiger partial charge in [0.05, 0.1) is 17.4 Å². The van der Waals surface area contributed by atoms with Crippen molar-refractivity contribution in [2.75, 3.05) is 5.32 Å². The summed E-state index contributed by atoms with van der Waals surface area (Å²) in [4.78, 5) is 19.1. The Kier molecular flexibility index (Phi) is 2.45. The minimum absolute atomic E-state index is 0.386. The molecule has 0 radical (unpaired) electrons. The van der Waals surface area contributed by atoms with Crippen molar-refractivity contribution in [3.05, 3.63) is 53.2 Å². The van der Waals surface area contributed by atoms with Gasteiger partial charge in [0, 0.05) is 11.6 Å². The quantitative estimate of drug-likeness (QED) is 0.707. The van der Waals surface area contributed by atoms with Crippen LogP contribution in [0.4, 0.5) is 11.5 Å². The standard InChI is InChI=1S/C12H9N5O/c18-12-16-10(7-14-17-12)15-9-5-1-3-8-4-2-6-13-11(8)9/h1-7H,(H2,15,16,17,18). The first-order chi connectivity index (χ1) is 8.83. The molecule has 6 nitrogen and oxygen atoms in total. The maximum absolute atomic E-state index is 11.1. The summed E-state index contributed by atoms with van der Waals surface area (Å²) in [5.74, 6) is 0.386. The molecule has 2 N–H and O–H groups in total. The second-order valence-electron chi connectivity index (χ2n) is 3.68. The number of aromatic nitrogens is 4. The molecule has 3 rings (SSSR count). The molecule has 18 heavy (non-hydrogen) atoms. The van der Waals surface area contributed by atoms with Gasteiger partial charge in [-0.05, 0) is 12.1 Å². The van der Waals surface area contributed by atoms with Gasteiger partial charge < -0.3 is 5.32 Å². The lowest BCUT2D eigenvalue weighted by Crippen LogP contribution is -2.13. The van der Waals surface area contributed by atoms with Crippen LogP contribution in [0.15, 0.2) is 47.5 Å². The molecule has 0 saturated heterocycles. The Labute approximate surface area is 102 Å². The first kappa shape index (κ1) is 10.4. The third-order valence-corrected chi connectivity index (χ3v) is 2.46. The SMILES string of the molecule is O=c1nc(Nc2cccc3cccnc23)cn[nH]1. The molecule has 6 heteroatoms. The van der Waals surface area contributed by atoms with E-state index < -0.39 is 5.69 Å². The molecule has 2 heterocycles. The van der Waals surface area contributed by atoms with Crippen LogP contribution < -0.4 is 11.0 Å². The molecule has 0 saturated carbocycles. The number of pyridine rings is 1. The summed E-state index contributed by atoms with van der Waals surface area (Å²) in [7, 11) is 0. The Bertz CT molecular complexity index is 747. The van der Waals surface area contributed by atoms with Crippen LogP contribution in [0.2, 0.25) is 0 Å². The van der Waals surface area contributed by atoms with Gasteiger partial charge >= 0.3 is 5.69 Å². The molecule has 0 amide bonds. The number of hydrogen-bond donors (Lipinski definition) is 2. The summed E-state index contributed by atoms with van der Waals surface area (Å²) in [6.07, 6.45) is 3.17. The number of hydrogen-bond acceptors (Lipinski definition) is 5. The second-order valence-corrected chi connectivity index (χ2v) is 3.68. The van der Waals surface area contributed by atoms with Crippen LogP contribution in [0.3, 0.4) is 0 Å². The molecule has 0 unspecified atom stereocenters. The Balaban J connectivity index is 2.07. The highest BCUT2D eigenvalue weighted by Crippen LogP contribution is 2.22. The number of nitrogens with one attached hydrogen (secondary N) is 2. The van der Waals surface area contributed by atoms with Crippen molar-refractivity contribution in [2.45, 2.75) is 0 Å². The maximum atomic E-state index is 11.1. The zero-order valence-electron chi connectivity index (χ0n) is 9.29. The van der Waals surface area contributed by atoms with Crippen LogP contribution in [0.5, 0.6) is 0 Å². The zero-order chi connectivity index (χ0) is 12.4. The molecule has 1 aromatic carbocycles. The Morgan fingerprint density at radius 2 is 2.06 bits per heavy atom. The highest BCUT2D eigenvalue weighted by atomic mass is 16.1. The molecule has 0 aliphatic carbocycles. The lowest BCUT2D eigenvalue weighted by molar-refractivity contribution is 0.919. The number of fused-ring (bicyclic) bond motifs is 1. The Hall–Kier alpha value is -2.76. The van der Waals surface area contributed by atoms with Crippen molar-refractivity contribution < 1.29 is 0 Å². The Morgan fingerprint density at radius 1 is 1.17 bits per heavy atom.